The summed E-state index contributed by atoms with van der Waals surface area (Å²) in [6.45, 7) is 1.61. The van der Waals surface area contributed by atoms with Gasteiger partial charge < -0.3 is 5.32 Å². The zero-order chi connectivity index (χ0) is 14.0. The minimum atomic E-state index is -3.77. The second-order valence-corrected chi connectivity index (χ2v) is 6.99. The third-order valence-corrected chi connectivity index (χ3v) is 5.39. The van der Waals surface area contributed by atoms with Gasteiger partial charge in [0.2, 0.25) is 10.0 Å². The molecule has 1 N–H and O–H groups in total. The van der Waals surface area contributed by atoms with E-state index in [1.807, 2.05) is 7.05 Å². The summed E-state index contributed by atoms with van der Waals surface area (Å²) in [4.78, 5) is -0.304. The lowest BCUT2D eigenvalue weighted by Gasteiger charge is -2.17. The highest BCUT2D eigenvalue weighted by Crippen LogP contribution is 2.26. The average Bonchev–Trinajstić information content (AvgIpc) is 2.78. The van der Waals surface area contributed by atoms with Crippen molar-refractivity contribution in [3.8, 4) is 0 Å². The summed E-state index contributed by atoms with van der Waals surface area (Å²) < 4.78 is 39.8. The Hall–Kier alpha value is -0.690. The van der Waals surface area contributed by atoms with Gasteiger partial charge in [-0.3, -0.25) is 0 Å². The van der Waals surface area contributed by atoms with E-state index in [-0.39, 0.29) is 15.8 Å². The quantitative estimate of drug-likeness (QED) is 0.921. The Morgan fingerprint density at radius 2 is 2.26 bits per heavy atom. The molecule has 0 saturated carbocycles. The summed E-state index contributed by atoms with van der Waals surface area (Å²) in [6, 6.07) is 3.63. The molecule has 1 fully saturated rings. The van der Waals surface area contributed by atoms with Gasteiger partial charge in [-0.1, -0.05) is 11.6 Å². The Kier molecular flexibility index (Phi) is 4.45. The number of hydrogen-bond donors (Lipinski definition) is 1. The van der Waals surface area contributed by atoms with Crippen molar-refractivity contribution < 1.29 is 12.8 Å². The van der Waals surface area contributed by atoms with Crippen molar-refractivity contribution in [3.63, 3.8) is 0 Å². The summed E-state index contributed by atoms with van der Waals surface area (Å²) in [5, 5.41) is 3.21. The fourth-order valence-electron chi connectivity index (χ4n) is 2.29. The first-order valence-electron chi connectivity index (χ1n) is 6.05. The van der Waals surface area contributed by atoms with E-state index in [0.717, 1.165) is 19.0 Å². The zero-order valence-corrected chi connectivity index (χ0v) is 12.1. The molecule has 0 unspecified atom stereocenters. The van der Waals surface area contributed by atoms with Crippen molar-refractivity contribution >= 4 is 21.6 Å². The second-order valence-electron chi connectivity index (χ2n) is 4.65. The van der Waals surface area contributed by atoms with E-state index in [9.17, 15) is 12.8 Å². The first kappa shape index (κ1) is 14.7. The molecule has 0 aromatic heterocycles. The van der Waals surface area contributed by atoms with Crippen LogP contribution in [0, 0.1) is 11.7 Å². The molecule has 0 bridgehead atoms. The van der Waals surface area contributed by atoms with E-state index in [4.69, 9.17) is 11.6 Å². The van der Waals surface area contributed by atoms with Crippen LogP contribution in [0.4, 0.5) is 4.39 Å². The van der Waals surface area contributed by atoms with Gasteiger partial charge in [0.1, 0.15) is 10.7 Å². The number of nitrogens with zero attached hydrogens (tertiary/aromatic N) is 1. The Morgan fingerprint density at radius 1 is 1.53 bits per heavy atom. The van der Waals surface area contributed by atoms with Gasteiger partial charge >= 0.3 is 0 Å². The van der Waals surface area contributed by atoms with Gasteiger partial charge in [0, 0.05) is 18.1 Å². The molecule has 0 radical (unpaired) electrons. The van der Waals surface area contributed by atoms with E-state index < -0.39 is 15.8 Å². The van der Waals surface area contributed by atoms with Gasteiger partial charge in [0.05, 0.1) is 0 Å². The number of rotatable bonds is 4. The maximum absolute atomic E-state index is 13.7. The van der Waals surface area contributed by atoms with Crippen LogP contribution in [-0.4, -0.2) is 39.4 Å². The molecule has 1 atom stereocenters. The molecule has 19 heavy (non-hydrogen) atoms. The summed E-state index contributed by atoms with van der Waals surface area (Å²) in [6.07, 6.45) is 0.787. The Labute approximate surface area is 117 Å². The van der Waals surface area contributed by atoms with E-state index in [0.29, 0.717) is 13.1 Å². The third-order valence-electron chi connectivity index (χ3n) is 3.25. The lowest BCUT2D eigenvalue weighted by Crippen LogP contribution is -2.31. The Morgan fingerprint density at radius 3 is 2.89 bits per heavy atom. The fraction of sp³-hybridized carbons (Fsp3) is 0.500. The first-order chi connectivity index (χ1) is 8.95. The highest BCUT2D eigenvalue weighted by Gasteiger charge is 2.33. The van der Waals surface area contributed by atoms with Crippen LogP contribution < -0.4 is 5.32 Å². The Balaban J connectivity index is 2.23. The monoisotopic (exact) mass is 306 g/mol. The number of hydrogen-bond acceptors (Lipinski definition) is 3. The Bertz CT molecular complexity index is 565. The van der Waals surface area contributed by atoms with Crippen molar-refractivity contribution in [2.45, 2.75) is 11.3 Å². The van der Waals surface area contributed by atoms with Crippen LogP contribution in [-0.2, 0) is 10.0 Å². The van der Waals surface area contributed by atoms with Gasteiger partial charge in [-0.05, 0) is 44.1 Å². The van der Waals surface area contributed by atoms with Gasteiger partial charge in [-0.25, -0.2) is 12.8 Å². The van der Waals surface area contributed by atoms with Crippen LogP contribution in [0.25, 0.3) is 0 Å². The smallest absolute Gasteiger partial charge is 0.245 e. The summed E-state index contributed by atoms with van der Waals surface area (Å²) >= 11 is 5.63. The number of nitrogens with one attached hydrogen (secondary N) is 1. The second kappa shape index (κ2) is 5.75. The molecule has 0 aliphatic carbocycles. The maximum Gasteiger partial charge on any atom is 0.245 e. The molecule has 1 aliphatic heterocycles. The largest absolute Gasteiger partial charge is 0.319 e. The van der Waals surface area contributed by atoms with E-state index >= 15 is 0 Å². The number of benzene rings is 1. The van der Waals surface area contributed by atoms with E-state index in [1.54, 1.807) is 0 Å². The van der Waals surface area contributed by atoms with Gasteiger partial charge in [-0.2, -0.15) is 4.31 Å². The number of halogens is 2. The normalized spacial score (nSPS) is 20.9. The van der Waals surface area contributed by atoms with Crippen LogP contribution in [0.15, 0.2) is 23.1 Å². The van der Waals surface area contributed by atoms with Crippen LogP contribution in [0.1, 0.15) is 6.42 Å². The minimum absolute atomic E-state index is 0.186. The van der Waals surface area contributed by atoms with Gasteiger partial charge in [-0.15, -0.1) is 0 Å². The summed E-state index contributed by atoms with van der Waals surface area (Å²) in [5.74, 6) is -0.528. The van der Waals surface area contributed by atoms with Crippen LogP contribution in [0.3, 0.4) is 0 Å². The highest BCUT2D eigenvalue weighted by molar-refractivity contribution is 7.89. The predicted octanol–water partition coefficient (Wildman–Crippen LogP) is 1.71. The molecule has 1 aromatic carbocycles. The maximum atomic E-state index is 13.7. The molecule has 0 spiro atoms. The van der Waals surface area contributed by atoms with Gasteiger partial charge in [0.25, 0.3) is 0 Å². The summed E-state index contributed by atoms with van der Waals surface area (Å²) in [7, 11) is -1.94. The topological polar surface area (TPSA) is 49.4 Å². The zero-order valence-electron chi connectivity index (χ0n) is 10.6. The van der Waals surface area contributed by atoms with E-state index in [1.165, 1.54) is 16.4 Å². The van der Waals surface area contributed by atoms with Crippen LogP contribution in [0.2, 0.25) is 5.02 Å². The lowest BCUT2D eigenvalue weighted by atomic mass is 10.1. The lowest BCUT2D eigenvalue weighted by molar-refractivity contribution is 0.446. The molecule has 1 aliphatic rings. The predicted molar refractivity (Wildman–Crippen MR) is 72.2 cm³/mol. The average molecular weight is 307 g/mol. The van der Waals surface area contributed by atoms with Crippen molar-refractivity contribution in [2.75, 3.05) is 26.7 Å². The van der Waals surface area contributed by atoms with Crippen LogP contribution >= 0.6 is 11.6 Å². The number of sulfonamides is 1. The van der Waals surface area contributed by atoms with Crippen molar-refractivity contribution in [2.24, 2.45) is 5.92 Å². The molecular formula is C12H16ClFN2O2S. The molecule has 1 saturated heterocycles. The third kappa shape index (κ3) is 3.08. The van der Waals surface area contributed by atoms with Gasteiger partial charge in [0.15, 0.2) is 0 Å². The van der Waals surface area contributed by atoms with Crippen molar-refractivity contribution in [1.82, 2.24) is 9.62 Å². The SMILES string of the molecule is CNC[C@H]1CCN(S(=O)(=O)c2ccc(Cl)cc2F)C1. The molecule has 1 aromatic rings. The molecule has 0 amide bonds. The van der Waals surface area contributed by atoms with Crippen LogP contribution in [0.5, 0.6) is 0 Å². The molecule has 7 heteroatoms. The van der Waals surface area contributed by atoms with E-state index in [2.05, 4.69) is 5.32 Å². The molecule has 4 nitrogen and oxygen atoms in total. The molecule has 106 valence electrons. The standard InChI is InChI=1S/C12H16ClFN2O2S/c1-15-7-9-4-5-16(8-9)19(17,18)12-3-2-10(13)6-11(12)14/h2-3,6,9,15H,4-5,7-8H2,1H3/t9-/m1/s1. The van der Waals surface area contributed by atoms with Crippen molar-refractivity contribution in [1.29, 1.82) is 0 Å². The molecule has 2 rings (SSSR count). The molecular weight excluding hydrogens is 291 g/mol. The summed E-state index contributed by atoms with van der Waals surface area (Å²) in [5.41, 5.74) is 0. The molecule has 1 heterocycles. The first-order valence-corrected chi connectivity index (χ1v) is 7.86. The van der Waals surface area contributed by atoms with Crippen molar-refractivity contribution in [3.05, 3.63) is 29.0 Å². The highest BCUT2D eigenvalue weighted by atomic mass is 35.5. The minimum Gasteiger partial charge on any atom is -0.319 e. The fourth-order valence-corrected chi connectivity index (χ4v) is 4.03.